The molecule has 0 spiro atoms. The minimum Gasteiger partial charge on any atom is -0.379 e. The van der Waals surface area contributed by atoms with Crippen LogP contribution >= 0.6 is 0 Å². The third kappa shape index (κ3) is 5.55. The van der Waals surface area contributed by atoms with Crippen molar-refractivity contribution in [2.75, 3.05) is 52.6 Å². The van der Waals surface area contributed by atoms with Gasteiger partial charge >= 0.3 is 41.3 Å². The molecule has 0 saturated carbocycles. The number of ether oxygens (including phenoxy) is 2. The summed E-state index contributed by atoms with van der Waals surface area (Å²) in [5, 5.41) is 3.12. The topological polar surface area (TPSA) is 227 Å². The van der Waals surface area contributed by atoms with Crippen LogP contribution in [0.2, 0.25) is 0 Å². The molecule has 4 heterocycles. The van der Waals surface area contributed by atoms with Gasteiger partial charge in [-0.1, -0.05) is 0 Å². The zero-order valence-electron chi connectivity index (χ0n) is 23.2. The Labute approximate surface area is 254 Å². The van der Waals surface area contributed by atoms with Crippen LogP contribution in [-0.4, -0.2) is 97.0 Å². The fourth-order valence-electron chi connectivity index (χ4n) is 4.81. The molecular weight excluding hydrogens is 660 g/mol. The van der Waals surface area contributed by atoms with Gasteiger partial charge in [0.15, 0.2) is 0 Å². The number of rotatable bonds is 8. The van der Waals surface area contributed by atoms with Crippen molar-refractivity contribution in [3.8, 4) is 11.4 Å². The van der Waals surface area contributed by atoms with Crippen molar-refractivity contribution in [1.82, 2.24) is 19.2 Å². The van der Waals surface area contributed by atoms with Crippen LogP contribution in [0.3, 0.4) is 0 Å². The average Bonchev–Trinajstić information content (AvgIpc) is 3.65. The van der Waals surface area contributed by atoms with Crippen LogP contribution in [0.4, 0.5) is 0 Å². The highest BCUT2D eigenvalue weighted by Gasteiger charge is 2.43. The van der Waals surface area contributed by atoms with Gasteiger partial charge in [0.1, 0.15) is 0 Å². The van der Waals surface area contributed by atoms with Gasteiger partial charge in [0.25, 0.3) is 0 Å². The second kappa shape index (κ2) is 11.7. The van der Waals surface area contributed by atoms with Gasteiger partial charge in [-0.15, -0.1) is 0 Å². The summed E-state index contributed by atoms with van der Waals surface area (Å²) in [5.41, 5.74) is -2.04. The van der Waals surface area contributed by atoms with Crippen LogP contribution in [0.15, 0.2) is 87.0 Å². The number of nitrogens with zero attached hydrogens (tertiary/aromatic N) is 4. The molecule has 6 rings (SSSR count). The molecule has 45 heavy (non-hydrogen) atoms. The maximum atomic E-state index is 13.4. The molecule has 2 fully saturated rings. The highest BCUT2D eigenvalue weighted by atomic mass is 32.2. The van der Waals surface area contributed by atoms with E-state index in [-0.39, 0.29) is 73.8 Å². The second-order valence-corrected chi connectivity index (χ2v) is 15.4. The lowest BCUT2D eigenvalue weighted by Gasteiger charge is -2.23. The smallest absolute Gasteiger partial charge is 0.379 e. The molecule has 0 radical (unpaired) electrons. The zero-order chi connectivity index (χ0) is 32.0. The Morgan fingerprint density at radius 2 is 0.889 bits per heavy atom. The first-order valence-electron chi connectivity index (χ1n) is 13.3. The number of H-pyrrole nitrogens is 2. The molecule has 240 valence electrons. The molecule has 0 atom stereocenters. The second-order valence-electron chi connectivity index (χ2n) is 9.77. The summed E-state index contributed by atoms with van der Waals surface area (Å²) in [6.45, 7) is 0.829. The number of benzene rings is 2. The highest BCUT2D eigenvalue weighted by molar-refractivity contribution is 7.91. The van der Waals surface area contributed by atoms with Crippen LogP contribution in [0.25, 0.3) is 11.4 Å². The van der Waals surface area contributed by atoms with E-state index >= 15 is 0 Å². The lowest BCUT2D eigenvalue weighted by molar-refractivity contribution is -0.706. The number of aromatic nitrogens is 4. The monoisotopic (exact) mass is 686 g/mol. The standard InChI is InChI=1S/C24H24N6O12S3/c31-23-21(44(35,36)27-9-13-39-14-10-27)29(25-41-23)17-1-5-19(6-2-17)43(33,34)20-7-3-18(4-8-20)30-22(24(32)42-26-30)45(37,38)28-11-15-40-16-12-28/h1-8H,9-16H2/p+2. The minimum atomic E-state index is -4.27. The largest absolute Gasteiger partial charge is 0.448 e. The summed E-state index contributed by atoms with van der Waals surface area (Å²) < 4.78 is 103. The van der Waals surface area contributed by atoms with E-state index in [0.29, 0.717) is 0 Å². The van der Waals surface area contributed by atoms with Crippen LogP contribution in [0, 0.1) is 0 Å². The van der Waals surface area contributed by atoms with Crippen molar-refractivity contribution in [3.05, 3.63) is 69.4 Å². The Morgan fingerprint density at radius 3 is 1.22 bits per heavy atom. The third-order valence-electron chi connectivity index (χ3n) is 7.13. The zero-order valence-corrected chi connectivity index (χ0v) is 25.6. The number of nitrogens with one attached hydrogen (secondary N) is 2. The molecule has 21 heteroatoms. The first-order valence-corrected chi connectivity index (χ1v) is 17.7. The van der Waals surface area contributed by atoms with Gasteiger partial charge in [0.2, 0.25) is 21.2 Å². The van der Waals surface area contributed by atoms with E-state index in [0.717, 1.165) is 18.0 Å². The molecule has 0 amide bonds. The lowest BCUT2D eigenvalue weighted by atomic mass is 10.3. The molecule has 2 saturated heterocycles. The van der Waals surface area contributed by atoms with Crippen LogP contribution in [0.1, 0.15) is 0 Å². The number of sulfone groups is 1. The third-order valence-corrected chi connectivity index (χ3v) is 12.7. The SMILES string of the molecule is O=c1o[nH][n+](-c2ccc(S(=O)(=O)c3ccc(-[n+]4[nH]oc(=O)c4S(=O)(=O)N4CCOCC4)cc3)cc2)c1S(=O)(=O)N1CCOCC1. The summed E-state index contributed by atoms with van der Waals surface area (Å²) >= 11 is 0. The Bertz CT molecular complexity index is 2010. The quantitative estimate of drug-likeness (QED) is 0.186. The van der Waals surface area contributed by atoms with Crippen molar-refractivity contribution in [2.45, 2.75) is 19.8 Å². The van der Waals surface area contributed by atoms with Crippen LogP contribution < -0.4 is 20.6 Å². The number of hydrogen-bond acceptors (Lipinski definition) is 12. The van der Waals surface area contributed by atoms with Crippen molar-refractivity contribution in [1.29, 1.82) is 0 Å². The van der Waals surface area contributed by atoms with Crippen molar-refractivity contribution in [3.63, 3.8) is 0 Å². The molecule has 0 aliphatic carbocycles. The van der Waals surface area contributed by atoms with E-state index in [9.17, 15) is 34.8 Å². The van der Waals surface area contributed by atoms with E-state index in [1.54, 1.807) is 0 Å². The Balaban J connectivity index is 1.27. The fraction of sp³-hybridized carbons (Fsp3) is 0.333. The molecule has 0 unspecified atom stereocenters. The van der Waals surface area contributed by atoms with Crippen LogP contribution in [-0.2, 0) is 39.4 Å². The molecule has 2 N–H and O–H groups in total. The molecule has 2 aliphatic heterocycles. The molecular formula is C24H26N6O12S3+2. The van der Waals surface area contributed by atoms with E-state index in [1.807, 2.05) is 0 Å². The van der Waals surface area contributed by atoms with Crippen LogP contribution in [0.5, 0.6) is 0 Å². The Hall–Kier alpha value is -3.99. The summed E-state index contributed by atoms with van der Waals surface area (Å²) in [5.74, 6) is 0. The number of morpholine rings is 2. The molecule has 0 bridgehead atoms. The average molecular weight is 687 g/mol. The van der Waals surface area contributed by atoms with Crippen molar-refractivity contribution >= 4 is 29.9 Å². The van der Waals surface area contributed by atoms with E-state index in [1.165, 1.54) is 48.5 Å². The van der Waals surface area contributed by atoms with Crippen molar-refractivity contribution < 1.29 is 53.1 Å². The highest BCUT2D eigenvalue weighted by Crippen LogP contribution is 2.23. The normalized spacial score (nSPS) is 17.4. The van der Waals surface area contributed by atoms with Gasteiger partial charge in [0.05, 0.1) is 36.2 Å². The number of hydrogen-bond donors (Lipinski definition) is 2. The first kappa shape index (κ1) is 31.0. The fourth-order valence-corrected chi connectivity index (χ4v) is 9.07. The van der Waals surface area contributed by atoms with E-state index < -0.39 is 51.2 Å². The summed E-state index contributed by atoms with van der Waals surface area (Å²) in [6, 6.07) is 10.0. The molecule has 4 aromatic rings. The van der Waals surface area contributed by atoms with Gasteiger partial charge in [0, 0.05) is 50.4 Å². The first-order chi connectivity index (χ1) is 21.4. The summed E-state index contributed by atoms with van der Waals surface area (Å²) in [4.78, 5) is 24.4. The predicted octanol–water partition coefficient (Wildman–Crippen LogP) is -2.32. The molecule has 2 aromatic carbocycles. The summed E-state index contributed by atoms with van der Waals surface area (Å²) in [7, 11) is -12.7. The van der Waals surface area contributed by atoms with Gasteiger partial charge in [-0.2, -0.15) is 8.61 Å². The molecule has 2 aliphatic rings. The van der Waals surface area contributed by atoms with E-state index in [2.05, 4.69) is 10.5 Å². The summed E-state index contributed by atoms with van der Waals surface area (Å²) in [6.07, 6.45) is 0. The van der Waals surface area contributed by atoms with Gasteiger partial charge in [-0.25, -0.2) is 34.8 Å². The minimum absolute atomic E-state index is 0.0448. The predicted molar refractivity (Wildman–Crippen MR) is 146 cm³/mol. The van der Waals surface area contributed by atoms with Gasteiger partial charge < -0.3 is 9.47 Å². The lowest BCUT2D eigenvalue weighted by Crippen LogP contribution is -2.48. The Morgan fingerprint density at radius 1 is 0.556 bits per heavy atom. The maximum absolute atomic E-state index is 13.4. The molecule has 2 aromatic heterocycles. The maximum Gasteiger partial charge on any atom is 0.448 e. The van der Waals surface area contributed by atoms with Gasteiger partial charge in [-0.05, 0) is 44.2 Å². The molecule has 18 nitrogen and oxygen atoms in total. The Kier molecular flexibility index (Phi) is 8.09. The van der Waals surface area contributed by atoms with E-state index in [4.69, 9.17) is 18.5 Å². The number of aromatic amines is 2. The number of sulfonamides is 2. The van der Waals surface area contributed by atoms with Crippen molar-refractivity contribution in [2.24, 2.45) is 0 Å². The van der Waals surface area contributed by atoms with Gasteiger partial charge in [-0.3, -0.25) is 9.05 Å².